The van der Waals surface area contributed by atoms with Crippen molar-refractivity contribution in [1.29, 1.82) is 0 Å². The van der Waals surface area contributed by atoms with Crippen LogP contribution in [0.2, 0.25) is 0 Å². The van der Waals surface area contributed by atoms with E-state index in [1.54, 1.807) is 24.8 Å². The molecule has 2 N–H and O–H groups in total. The van der Waals surface area contributed by atoms with Crippen LogP contribution in [0.4, 0.5) is 0 Å². The highest BCUT2D eigenvalue weighted by Gasteiger charge is 2.22. The Morgan fingerprint density at radius 3 is 2.92 bits per heavy atom. The molecule has 0 fully saturated rings. The average Bonchev–Trinajstić information content (AvgIpc) is 3.13. The number of allylic oxidation sites excluding steroid dienone is 1. The largest absolute Gasteiger partial charge is 0.349 e. The molecule has 4 rings (SSSR count). The third-order valence-corrected chi connectivity index (χ3v) is 4.48. The summed E-state index contributed by atoms with van der Waals surface area (Å²) >= 11 is 0. The van der Waals surface area contributed by atoms with Crippen LogP contribution in [0.5, 0.6) is 0 Å². The molecule has 1 aliphatic rings. The van der Waals surface area contributed by atoms with E-state index in [9.17, 15) is 4.79 Å². The fraction of sp³-hybridized carbons (Fsp3) is 0.211. The number of rotatable bonds is 4. The molecule has 1 amide bonds. The third kappa shape index (κ3) is 2.99. The highest BCUT2D eigenvalue weighted by molar-refractivity contribution is 5.99. The molecule has 3 heterocycles. The Kier molecular flexibility index (Phi) is 4.27. The fourth-order valence-electron chi connectivity index (χ4n) is 3.31. The van der Waals surface area contributed by atoms with Crippen LogP contribution < -0.4 is 5.32 Å². The zero-order valence-electron chi connectivity index (χ0n) is 14.1. The quantitative estimate of drug-likeness (QED) is 0.708. The summed E-state index contributed by atoms with van der Waals surface area (Å²) in [6.45, 7) is 3.52. The van der Waals surface area contributed by atoms with E-state index in [1.165, 1.54) is 6.08 Å². The summed E-state index contributed by atoms with van der Waals surface area (Å²) in [6.07, 6.45) is 12.8. The number of amides is 1. The van der Waals surface area contributed by atoms with Crippen LogP contribution in [0.1, 0.15) is 25.0 Å². The summed E-state index contributed by atoms with van der Waals surface area (Å²) < 4.78 is 0. The maximum absolute atomic E-state index is 11.6. The average molecular weight is 346 g/mol. The highest BCUT2D eigenvalue weighted by Crippen LogP contribution is 2.34. The standard InChI is InChI=1S/C19H18N6O/c1-2-15(26)25-13-6-3-5-12(9-13)17-16-14(18-20-7-4-8-21-18)10-22-19(16)24-11-23-17/h2,4-5,7-8,10-11,13H,1,3,6,9H2,(H,25,26)(H,22,23,24). The molecule has 0 aromatic carbocycles. The predicted molar refractivity (Wildman–Crippen MR) is 98.9 cm³/mol. The zero-order chi connectivity index (χ0) is 17.9. The number of hydrogen-bond donors (Lipinski definition) is 2. The van der Waals surface area contributed by atoms with Gasteiger partial charge in [0.1, 0.15) is 12.0 Å². The van der Waals surface area contributed by atoms with Crippen LogP contribution in [-0.4, -0.2) is 36.9 Å². The van der Waals surface area contributed by atoms with E-state index in [1.807, 2.05) is 6.20 Å². The number of carbonyl (C=O) groups is 1. The fourth-order valence-corrected chi connectivity index (χ4v) is 3.31. The molecular weight excluding hydrogens is 328 g/mol. The second-order valence-corrected chi connectivity index (χ2v) is 6.14. The van der Waals surface area contributed by atoms with E-state index < -0.39 is 0 Å². The molecular formula is C19H18N6O. The molecule has 7 heteroatoms. The van der Waals surface area contributed by atoms with Crippen molar-refractivity contribution >= 4 is 22.5 Å². The number of H-pyrrole nitrogens is 1. The third-order valence-electron chi connectivity index (χ3n) is 4.48. The number of carbonyl (C=O) groups excluding carboxylic acids is 1. The van der Waals surface area contributed by atoms with E-state index in [2.05, 4.69) is 42.9 Å². The molecule has 0 spiro atoms. The molecule has 7 nitrogen and oxygen atoms in total. The lowest BCUT2D eigenvalue weighted by Gasteiger charge is -2.23. The van der Waals surface area contributed by atoms with Gasteiger partial charge in [0.25, 0.3) is 0 Å². The van der Waals surface area contributed by atoms with Gasteiger partial charge in [0.2, 0.25) is 5.91 Å². The molecule has 1 aliphatic carbocycles. The first-order valence-corrected chi connectivity index (χ1v) is 8.48. The lowest BCUT2D eigenvalue weighted by atomic mass is 9.91. The number of fused-ring (bicyclic) bond motifs is 1. The number of aromatic amines is 1. The molecule has 1 unspecified atom stereocenters. The van der Waals surface area contributed by atoms with Gasteiger partial charge in [0.05, 0.1) is 11.1 Å². The normalized spacial score (nSPS) is 16.9. The van der Waals surface area contributed by atoms with Gasteiger partial charge in [-0.25, -0.2) is 19.9 Å². The van der Waals surface area contributed by atoms with Crippen molar-refractivity contribution in [2.45, 2.75) is 25.3 Å². The van der Waals surface area contributed by atoms with Crippen LogP contribution in [-0.2, 0) is 4.79 Å². The van der Waals surface area contributed by atoms with Gasteiger partial charge < -0.3 is 10.3 Å². The molecule has 0 bridgehead atoms. The van der Waals surface area contributed by atoms with Crippen molar-refractivity contribution in [3.63, 3.8) is 0 Å². The van der Waals surface area contributed by atoms with Crippen molar-refractivity contribution in [3.05, 3.63) is 55.4 Å². The van der Waals surface area contributed by atoms with Crippen LogP contribution in [0.15, 0.2) is 49.7 Å². The van der Waals surface area contributed by atoms with E-state index in [0.29, 0.717) is 12.2 Å². The summed E-state index contributed by atoms with van der Waals surface area (Å²) in [5.74, 6) is 0.479. The number of nitrogens with one attached hydrogen (secondary N) is 2. The van der Waals surface area contributed by atoms with Crippen LogP contribution in [0.3, 0.4) is 0 Å². The Bertz CT molecular complexity index is 992. The maximum atomic E-state index is 11.6. The second kappa shape index (κ2) is 6.87. The maximum Gasteiger partial charge on any atom is 0.243 e. The summed E-state index contributed by atoms with van der Waals surface area (Å²) in [5.41, 5.74) is 3.57. The molecule has 3 aromatic rings. The van der Waals surface area contributed by atoms with Crippen LogP contribution in [0.25, 0.3) is 28.0 Å². The van der Waals surface area contributed by atoms with Gasteiger partial charge in [-0.3, -0.25) is 4.79 Å². The first-order chi connectivity index (χ1) is 12.8. The summed E-state index contributed by atoms with van der Waals surface area (Å²) in [6, 6.07) is 1.85. The monoisotopic (exact) mass is 346 g/mol. The number of aromatic nitrogens is 5. The van der Waals surface area contributed by atoms with Gasteiger partial charge in [0, 0.05) is 30.2 Å². The van der Waals surface area contributed by atoms with Gasteiger partial charge in [0.15, 0.2) is 5.82 Å². The SMILES string of the molecule is C=CC(=O)NC1CCC=C(c2ncnc3[nH]cc(-c4ncccn4)c23)C1. The Hall–Kier alpha value is -3.35. The molecule has 130 valence electrons. The van der Waals surface area contributed by atoms with Gasteiger partial charge in [-0.05, 0) is 37.0 Å². The van der Waals surface area contributed by atoms with E-state index >= 15 is 0 Å². The minimum Gasteiger partial charge on any atom is -0.349 e. The molecule has 26 heavy (non-hydrogen) atoms. The molecule has 0 saturated carbocycles. The Morgan fingerprint density at radius 1 is 1.27 bits per heavy atom. The summed E-state index contributed by atoms with van der Waals surface area (Å²) in [4.78, 5) is 32.4. The van der Waals surface area contributed by atoms with Crippen LogP contribution >= 0.6 is 0 Å². The van der Waals surface area contributed by atoms with E-state index in [0.717, 1.165) is 40.7 Å². The number of hydrogen-bond acceptors (Lipinski definition) is 5. The topological polar surface area (TPSA) is 96.5 Å². The van der Waals surface area contributed by atoms with Crippen molar-refractivity contribution < 1.29 is 4.79 Å². The molecule has 0 aliphatic heterocycles. The van der Waals surface area contributed by atoms with Gasteiger partial charge >= 0.3 is 0 Å². The number of nitrogens with zero attached hydrogens (tertiary/aromatic N) is 4. The molecule has 0 radical (unpaired) electrons. The molecule has 3 aromatic heterocycles. The summed E-state index contributed by atoms with van der Waals surface area (Å²) in [5, 5.41) is 3.89. The highest BCUT2D eigenvalue weighted by atomic mass is 16.1. The van der Waals surface area contributed by atoms with Crippen molar-refractivity contribution in [1.82, 2.24) is 30.2 Å². The lowest BCUT2D eigenvalue weighted by Crippen LogP contribution is -2.34. The lowest BCUT2D eigenvalue weighted by molar-refractivity contribution is -0.117. The van der Waals surface area contributed by atoms with Crippen molar-refractivity contribution in [2.24, 2.45) is 0 Å². The molecule has 0 saturated heterocycles. The Balaban J connectivity index is 1.75. The first kappa shape index (κ1) is 16.1. The smallest absolute Gasteiger partial charge is 0.243 e. The van der Waals surface area contributed by atoms with E-state index in [4.69, 9.17) is 0 Å². The van der Waals surface area contributed by atoms with Gasteiger partial charge in [-0.1, -0.05) is 12.7 Å². The second-order valence-electron chi connectivity index (χ2n) is 6.14. The van der Waals surface area contributed by atoms with Crippen molar-refractivity contribution in [3.8, 4) is 11.4 Å². The van der Waals surface area contributed by atoms with Crippen LogP contribution in [0, 0.1) is 0 Å². The first-order valence-electron chi connectivity index (χ1n) is 8.48. The minimum atomic E-state index is -0.149. The predicted octanol–water partition coefficient (Wildman–Crippen LogP) is 2.65. The van der Waals surface area contributed by atoms with Gasteiger partial charge in [-0.2, -0.15) is 0 Å². The minimum absolute atomic E-state index is 0.0703. The van der Waals surface area contributed by atoms with Gasteiger partial charge in [-0.15, -0.1) is 0 Å². The molecule has 1 atom stereocenters. The Morgan fingerprint density at radius 2 is 2.12 bits per heavy atom. The summed E-state index contributed by atoms with van der Waals surface area (Å²) in [7, 11) is 0. The van der Waals surface area contributed by atoms with Crippen molar-refractivity contribution in [2.75, 3.05) is 0 Å². The van der Waals surface area contributed by atoms with E-state index in [-0.39, 0.29) is 11.9 Å². The Labute approximate surface area is 150 Å². The zero-order valence-corrected chi connectivity index (χ0v) is 14.1.